The molecule has 1 aromatic carbocycles. The van der Waals surface area contributed by atoms with E-state index in [-0.39, 0.29) is 24.8 Å². The number of imide groups is 1. The summed E-state index contributed by atoms with van der Waals surface area (Å²) in [6.45, 7) is 3.92. The summed E-state index contributed by atoms with van der Waals surface area (Å²) in [4.78, 5) is 37.7. The molecule has 1 heterocycles. The van der Waals surface area contributed by atoms with Gasteiger partial charge in [0.1, 0.15) is 11.3 Å². The van der Waals surface area contributed by atoms with Crippen LogP contribution >= 0.6 is 0 Å². The standard InChI is InChI=1S/C18H24N2O5/c1-5-18(13-8-9-14(24-3)12(2)11-13)16(22)20(17(23)19-18)10-6-7-15(21)25-4/h8-9,11H,5-7,10H2,1-4H3,(H,19,23). The van der Waals surface area contributed by atoms with Crippen LogP contribution in [0.2, 0.25) is 0 Å². The van der Waals surface area contributed by atoms with Crippen molar-refractivity contribution in [2.75, 3.05) is 20.8 Å². The maximum atomic E-state index is 13.0. The van der Waals surface area contributed by atoms with Crippen molar-refractivity contribution in [3.63, 3.8) is 0 Å². The van der Waals surface area contributed by atoms with Crippen LogP contribution < -0.4 is 10.1 Å². The highest BCUT2D eigenvalue weighted by Gasteiger charge is 2.51. The minimum absolute atomic E-state index is 0.161. The van der Waals surface area contributed by atoms with Gasteiger partial charge in [-0.05, 0) is 43.0 Å². The van der Waals surface area contributed by atoms with E-state index < -0.39 is 11.6 Å². The van der Waals surface area contributed by atoms with Crippen molar-refractivity contribution in [3.8, 4) is 5.75 Å². The van der Waals surface area contributed by atoms with Gasteiger partial charge in [0.05, 0.1) is 14.2 Å². The van der Waals surface area contributed by atoms with Crippen LogP contribution in [-0.2, 0) is 19.9 Å². The highest BCUT2D eigenvalue weighted by Crippen LogP contribution is 2.34. The number of nitrogens with zero attached hydrogens (tertiary/aromatic N) is 1. The summed E-state index contributed by atoms with van der Waals surface area (Å²) in [5.74, 6) is 0.0655. The number of esters is 1. The van der Waals surface area contributed by atoms with Gasteiger partial charge >= 0.3 is 12.0 Å². The molecule has 1 saturated heterocycles. The van der Waals surface area contributed by atoms with E-state index >= 15 is 0 Å². The molecule has 0 aromatic heterocycles. The molecule has 0 saturated carbocycles. The Kier molecular flexibility index (Phi) is 5.66. The fourth-order valence-electron chi connectivity index (χ4n) is 3.10. The Morgan fingerprint density at radius 1 is 1.28 bits per heavy atom. The van der Waals surface area contributed by atoms with Crippen LogP contribution in [0.3, 0.4) is 0 Å². The average molecular weight is 348 g/mol. The minimum atomic E-state index is -1.08. The first-order valence-electron chi connectivity index (χ1n) is 8.25. The van der Waals surface area contributed by atoms with Gasteiger partial charge in [0.25, 0.3) is 5.91 Å². The molecule has 3 amide bonds. The van der Waals surface area contributed by atoms with Crippen molar-refractivity contribution in [3.05, 3.63) is 29.3 Å². The van der Waals surface area contributed by atoms with Crippen LogP contribution in [0, 0.1) is 6.92 Å². The van der Waals surface area contributed by atoms with Crippen LogP contribution in [0.4, 0.5) is 4.79 Å². The third-order valence-electron chi connectivity index (χ3n) is 4.58. The average Bonchev–Trinajstić information content (AvgIpc) is 2.86. The summed E-state index contributed by atoms with van der Waals surface area (Å²) in [7, 11) is 2.90. The second kappa shape index (κ2) is 7.55. The molecule has 0 spiro atoms. The summed E-state index contributed by atoms with van der Waals surface area (Å²) in [6, 6.07) is 5.01. The zero-order valence-corrected chi connectivity index (χ0v) is 15.0. The lowest BCUT2D eigenvalue weighted by Crippen LogP contribution is -2.43. The quantitative estimate of drug-likeness (QED) is 0.603. The van der Waals surface area contributed by atoms with E-state index in [1.807, 2.05) is 19.9 Å². The predicted octanol–water partition coefficient (Wildman–Crippen LogP) is 2.11. The molecule has 25 heavy (non-hydrogen) atoms. The fraction of sp³-hybridized carbons (Fsp3) is 0.500. The van der Waals surface area contributed by atoms with Gasteiger partial charge in [-0.1, -0.05) is 13.0 Å². The molecule has 1 aliphatic heterocycles. The Morgan fingerprint density at radius 3 is 2.56 bits per heavy atom. The molecule has 0 bridgehead atoms. The van der Waals surface area contributed by atoms with E-state index in [9.17, 15) is 14.4 Å². The third-order valence-corrected chi connectivity index (χ3v) is 4.58. The molecular weight excluding hydrogens is 324 g/mol. The van der Waals surface area contributed by atoms with Crippen LogP contribution in [0.25, 0.3) is 0 Å². The number of methoxy groups -OCH3 is 2. The normalized spacial score (nSPS) is 19.8. The highest BCUT2D eigenvalue weighted by molar-refractivity contribution is 6.07. The summed E-state index contributed by atoms with van der Waals surface area (Å²) >= 11 is 0. The number of amides is 3. The molecule has 7 heteroatoms. The second-order valence-corrected chi connectivity index (χ2v) is 6.01. The highest BCUT2D eigenvalue weighted by atomic mass is 16.5. The monoisotopic (exact) mass is 348 g/mol. The number of carbonyl (C=O) groups excluding carboxylic acids is 3. The van der Waals surface area contributed by atoms with Gasteiger partial charge in [0.2, 0.25) is 0 Å². The fourth-order valence-corrected chi connectivity index (χ4v) is 3.10. The van der Waals surface area contributed by atoms with Crippen molar-refractivity contribution in [2.24, 2.45) is 0 Å². The van der Waals surface area contributed by atoms with Gasteiger partial charge in [-0.15, -0.1) is 0 Å². The number of ether oxygens (including phenoxy) is 2. The molecule has 2 rings (SSSR count). The maximum absolute atomic E-state index is 13.0. The first-order valence-corrected chi connectivity index (χ1v) is 8.25. The van der Waals surface area contributed by atoms with Crippen molar-refractivity contribution in [1.29, 1.82) is 0 Å². The van der Waals surface area contributed by atoms with E-state index in [0.29, 0.717) is 12.8 Å². The Labute approximate surface area is 147 Å². The minimum Gasteiger partial charge on any atom is -0.496 e. The van der Waals surface area contributed by atoms with Gasteiger partial charge in [-0.2, -0.15) is 0 Å². The molecule has 1 atom stereocenters. The number of benzene rings is 1. The van der Waals surface area contributed by atoms with Crippen LogP contribution in [-0.4, -0.2) is 43.6 Å². The summed E-state index contributed by atoms with van der Waals surface area (Å²) in [6.07, 6.45) is 0.957. The van der Waals surface area contributed by atoms with E-state index in [1.54, 1.807) is 19.2 Å². The Balaban J connectivity index is 2.24. The molecule has 7 nitrogen and oxygen atoms in total. The molecule has 1 unspecified atom stereocenters. The van der Waals surface area contributed by atoms with Gasteiger partial charge in [0.15, 0.2) is 0 Å². The van der Waals surface area contributed by atoms with Crippen molar-refractivity contribution >= 4 is 17.9 Å². The number of nitrogens with one attached hydrogen (secondary N) is 1. The van der Waals surface area contributed by atoms with Crippen molar-refractivity contribution < 1.29 is 23.9 Å². The molecule has 136 valence electrons. The number of rotatable bonds is 7. The number of aryl methyl sites for hydroxylation is 1. The third kappa shape index (κ3) is 3.45. The number of hydrogen-bond acceptors (Lipinski definition) is 5. The van der Waals surface area contributed by atoms with E-state index in [0.717, 1.165) is 16.9 Å². The lowest BCUT2D eigenvalue weighted by molar-refractivity contribution is -0.141. The lowest BCUT2D eigenvalue weighted by atomic mass is 9.86. The molecule has 1 N–H and O–H groups in total. The number of urea groups is 1. The van der Waals surface area contributed by atoms with Crippen LogP contribution in [0.1, 0.15) is 37.3 Å². The van der Waals surface area contributed by atoms with Crippen LogP contribution in [0.15, 0.2) is 18.2 Å². The SMILES string of the molecule is CCC1(c2ccc(OC)c(C)c2)NC(=O)N(CCCC(=O)OC)C1=O. The molecule has 1 aromatic rings. The van der Waals surface area contributed by atoms with E-state index in [4.69, 9.17) is 4.74 Å². The Bertz CT molecular complexity index is 688. The summed E-state index contributed by atoms with van der Waals surface area (Å²) in [5.41, 5.74) is 0.528. The smallest absolute Gasteiger partial charge is 0.325 e. The van der Waals surface area contributed by atoms with E-state index in [1.165, 1.54) is 12.0 Å². The van der Waals surface area contributed by atoms with Crippen molar-refractivity contribution in [1.82, 2.24) is 10.2 Å². The maximum Gasteiger partial charge on any atom is 0.325 e. The zero-order valence-electron chi connectivity index (χ0n) is 15.0. The van der Waals surface area contributed by atoms with Gasteiger partial charge in [0, 0.05) is 13.0 Å². The Morgan fingerprint density at radius 2 is 2.00 bits per heavy atom. The lowest BCUT2D eigenvalue weighted by Gasteiger charge is -2.26. The van der Waals surface area contributed by atoms with Crippen LogP contribution in [0.5, 0.6) is 5.75 Å². The Hall–Kier alpha value is -2.57. The molecule has 0 aliphatic carbocycles. The molecule has 0 radical (unpaired) electrons. The van der Waals surface area contributed by atoms with Crippen molar-refractivity contribution in [2.45, 2.75) is 38.6 Å². The first kappa shape index (κ1) is 18.8. The second-order valence-electron chi connectivity index (χ2n) is 6.01. The largest absolute Gasteiger partial charge is 0.496 e. The molecule has 1 fully saturated rings. The summed E-state index contributed by atoms with van der Waals surface area (Å²) < 4.78 is 9.84. The summed E-state index contributed by atoms with van der Waals surface area (Å²) in [5, 5.41) is 2.83. The van der Waals surface area contributed by atoms with Gasteiger partial charge < -0.3 is 14.8 Å². The van der Waals surface area contributed by atoms with E-state index in [2.05, 4.69) is 10.1 Å². The molecule has 1 aliphatic rings. The zero-order chi connectivity index (χ0) is 18.6. The molecular formula is C18H24N2O5. The topological polar surface area (TPSA) is 84.9 Å². The van der Waals surface area contributed by atoms with Gasteiger partial charge in [-0.25, -0.2) is 4.79 Å². The number of carbonyl (C=O) groups is 3. The number of hydrogen-bond donors (Lipinski definition) is 1. The first-order chi connectivity index (χ1) is 11.9. The van der Waals surface area contributed by atoms with Gasteiger partial charge in [-0.3, -0.25) is 14.5 Å². The predicted molar refractivity (Wildman–Crippen MR) is 91.2 cm³/mol.